The first-order chi connectivity index (χ1) is 7.63. The molecule has 0 aliphatic rings. The summed E-state index contributed by atoms with van der Waals surface area (Å²) < 4.78 is 16.1. The molecule has 2 aromatic rings. The zero-order valence-electron chi connectivity index (χ0n) is 8.83. The van der Waals surface area contributed by atoms with E-state index in [1.165, 1.54) is 6.07 Å². The predicted octanol–water partition coefficient (Wildman–Crippen LogP) is 2.43. The van der Waals surface area contributed by atoms with Crippen LogP contribution >= 0.6 is 15.9 Å². The van der Waals surface area contributed by atoms with Crippen LogP contribution in [-0.4, -0.2) is 21.8 Å². The Morgan fingerprint density at radius 3 is 2.75 bits per heavy atom. The van der Waals surface area contributed by atoms with Crippen molar-refractivity contribution in [3.05, 3.63) is 28.5 Å². The van der Waals surface area contributed by atoms with Crippen molar-refractivity contribution in [1.29, 1.82) is 0 Å². The van der Waals surface area contributed by atoms with Crippen LogP contribution in [0.4, 0.5) is 10.3 Å². The van der Waals surface area contributed by atoms with Gasteiger partial charge in [-0.15, -0.1) is 10.2 Å². The van der Waals surface area contributed by atoms with E-state index in [-0.39, 0.29) is 5.82 Å². The number of halogens is 2. The highest BCUT2D eigenvalue weighted by molar-refractivity contribution is 9.10. The molecule has 0 radical (unpaired) electrons. The Balaban J connectivity index is 2.58. The highest BCUT2D eigenvalue weighted by Gasteiger charge is 2.13. The number of aromatic nitrogens is 3. The summed E-state index contributed by atoms with van der Waals surface area (Å²) in [5.74, 6) is 0.763. The molecule has 84 valence electrons. The largest absolute Gasteiger partial charge is 0.357 e. The summed E-state index contributed by atoms with van der Waals surface area (Å²) in [6.45, 7) is 0. The van der Waals surface area contributed by atoms with Crippen molar-refractivity contribution in [3.63, 3.8) is 0 Å². The first kappa shape index (κ1) is 11.1. The van der Waals surface area contributed by atoms with E-state index < -0.39 is 0 Å². The SMILES string of the molecule is CNc1nnc(-c2cc(Br)ccc2F)n1C. The molecule has 0 bridgehead atoms. The van der Waals surface area contributed by atoms with Crippen LogP contribution in [0.15, 0.2) is 22.7 Å². The summed E-state index contributed by atoms with van der Waals surface area (Å²) in [6.07, 6.45) is 0. The maximum Gasteiger partial charge on any atom is 0.224 e. The molecule has 1 aromatic carbocycles. The van der Waals surface area contributed by atoms with Crippen LogP contribution in [0.3, 0.4) is 0 Å². The molecule has 2 rings (SSSR count). The fraction of sp³-hybridized carbons (Fsp3) is 0.200. The van der Waals surface area contributed by atoms with E-state index in [0.29, 0.717) is 17.3 Å². The summed E-state index contributed by atoms with van der Waals surface area (Å²) >= 11 is 3.30. The molecule has 0 spiro atoms. The molecule has 1 aromatic heterocycles. The molecular weight excluding hydrogens is 275 g/mol. The minimum atomic E-state index is -0.318. The van der Waals surface area contributed by atoms with Crippen LogP contribution in [0.5, 0.6) is 0 Å². The third-order valence-corrected chi connectivity index (χ3v) is 2.76. The second-order valence-corrected chi connectivity index (χ2v) is 4.20. The first-order valence-electron chi connectivity index (χ1n) is 4.66. The van der Waals surface area contributed by atoms with Crippen molar-refractivity contribution in [2.75, 3.05) is 12.4 Å². The van der Waals surface area contributed by atoms with Crippen molar-refractivity contribution in [2.45, 2.75) is 0 Å². The van der Waals surface area contributed by atoms with Gasteiger partial charge in [0.25, 0.3) is 0 Å². The summed E-state index contributed by atoms with van der Waals surface area (Å²) in [7, 11) is 3.52. The molecule has 16 heavy (non-hydrogen) atoms. The Morgan fingerprint density at radius 1 is 1.38 bits per heavy atom. The monoisotopic (exact) mass is 284 g/mol. The van der Waals surface area contributed by atoms with Crippen LogP contribution in [-0.2, 0) is 7.05 Å². The lowest BCUT2D eigenvalue weighted by atomic mass is 10.2. The second kappa shape index (κ2) is 4.21. The molecule has 1 heterocycles. The van der Waals surface area contributed by atoms with Gasteiger partial charge < -0.3 is 5.32 Å². The smallest absolute Gasteiger partial charge is 0.224 e. The molecular formula is C10H10BrFN4. The average molecular weight is 285 g/mol. The van der Waals surface area contributed by atoms with Gasteiger partial charge in [0.15, 0.2) is 5.82 Å². The van der Waals surface area contributed by atoms with Crippen LogP contribution in [0.1, 0.15) is 0 Å². The number of benzene rings is 1. The second-order valence-electron chi connectivity index (χ2n) is 3.28. The van der Waals surface area contributed by atoms with Gasteiger partial charge in [0, 0.05) is 18.6 Å². The van der Waals surface area contributed by atoms with Crippen LogP contribution in [0.2, 0.25) is 0 Å². The highest BCUT2D eigenvalue weighted by atomic mass is 79.9. The van der Waals surface area contributed by atoms with Gasteiger partial charge in [-0.2, -0.15) is 0 Å². The lowest BCUT2D eigenvalue weighted by Crippen LogP contribution is -2.00. The zero-order valence-corrected chi connectivity index (χ0v) is 10.4. The summed E-state index contributed by atoms with van der Waals surface area (Å²) in [5.41, 5.74) is 0.422. The van der Waals surface area contributed by atoms with Gasteiger partial charge >= 0.3 is 0 Å². The molecule has 0 aliphatic carbocycles. The summed E-state index contributed by atoms with van der Waals surface area (Å²) in [6, 6.07) is 4.72. The Labute approximate surface area is 101 Å². The van der Waals surface area contributed by atoms with E-state index in [0.717, 1.165) is 4.47 Å². The van der Waals surface area contributed by atoms with Crippen molar-refractivity contribution in [3.8, 4) is 11.4 Å². The van der Waals surface area contributed by atoms with Crippen molar-refractivity contribution < 1.29 is 4.39 Å². The van der Waals surface area contributed by atoms with Crippen molar-refractivity contribution in [1.82, 2.24) is 14.8 Å². The van der Waals surface area contributed by atoms with Gasteiger partial charge in [-0.1, -0.05) is 15.9 Å². The minimum Gasteiger partial charge on any atom is -0.357 e. The first-order valence-corrected chi connectivity index (χ1v) is 5.45. The molecule has 0 fully saturated rings. The number of anilines is 1. The van der Waals surface area contributed by atoms with Crippen molar-refractivity contribution in [2.24, 2.45) is 7.05 Å². The zero-order chi connectivity index (χ0) is 11.7. The highest BCUT2D eigenvalue weighted by Crippen LogP contribution is 2.25. The van der Waals surface area contributed by atoms with Gasteiger partial charge in [-0.25, -0.2) is 4.39 Å². The van der Waals surface area contributed by atoms with Crippen LogP contribution in [0, 0.1) is 5.82 Å². The van der Waals surface area contributed by atoms with Gasteiger partial charge in [-0.3, -0.25) is 4.57 Å². The number of rotatable bonds is 2. The Bertz CT molecular complexity index is 524. The fourth-order valence-corrected chi connectivity index (χ4v) is 1.81. The predicted molar refractivity (Wildman–Crippen MR) is 63.6 cm³/mol. The van der Waals surface area contributed by atoms with E-state index in [1.807, 2.05) is 0 Å². The summed E-state index contributed by atoms with van der Waals surface area (Å²) in [5, 5.41) is 10.7. The molecule has 0 saturated heterocycles. The lowest BCUT2D eigenvalue weighted by molar-refractivity contribution is 0.628. The van der Waals surface area contributed by atoms with Crippen LogP contribution in [0.25, 0.3) is 11.4 Å². The molecule has 0 aliphatic heterocycles. The van der Waals surface area contributed by atoms with Gasteiger partial charge in [-0.05, 0) is 18.2 Å². The number of hydrogen-bond acceptors (Lipinski definition) is 3. The Morgan fingerprint density at radius 2 is 2.12 bits per heavy atom. The van der Waals surface area contributed by atoms with E-state index >= 15 is 0 Å². The maximum absolute atomic E-state index is 13.6. The molecule has 4 nitrogen and oxygen atoms in total. The number of hydrogen-bond donors (Lipinski definition) is 1. The third kappa shape index (κ3) is 1.80. The van der Waals surface area contributed by atoms with Gasteiger partial charge in [0.05, 0.1) is 5.56 Å². The average Bonchev–Trinajstić information content (AvgIpc) is 2.63. The van der Waals surface area contributed by atoms with E-state index in [4.69, 9.17) is 0 Å². The topological polar surface area (TPSA) is 42.7 Å². The molecule has 0 saturated carbocycles. The lowest BCUT2D eigenvalue weighted by Gasteiger charge is -2.04. The molecule has 0 amide bonds. The van der Waals surface area contributed by atoms with E-state index in [2.05, 4.69) is 31.4 Å². The summed E-state index contributed by atoms with van der Waals surface area (Å²) in [4.78, 5) is 0. The Hall–Kier alpha value is -1.43. The maximum atomic E-state index is 13.6. The molecule has 6 heteroatoms. The standard InChI is InChI=1S/C10H10BrFN4/c1-13-10-15-14-9(16(10)2)7-5-6(11)3-4-8(7)12/h3-5H,1-2H3,(H,13,15). The minimum absolute atomic E-state index is 0.318. The Kier molecular flexibility index (Phi) is 2.91. The van der Waals surface area contributed by atoms with Gasteiger partial charge in [0.2, 0.25) is 5.95 Å². The van der Waals surface area contributed by atoms with Gasteiger partial charge in [0.1, 0.15) is 5.82 Å². The normalized spacial score (nSPS) is 10.5. The molecule has 0 unspecified atom stereocenters. The van der Waals surface area contributed by atoms with Crippen LogP contribution < -0.4 is 5.32 Å². The third-order valence-electron chi connectivity index (χ3n) is 2.27. The fourth-order valence-electron chi connectivity index (χ4n) is 1.45. The van der Waals surface area contributed by atoms with E-state index in [1.54, 1.807) is 30.8 Å². The number of nitrogens with one attached hydrogen (secondary N) is 1. The number of nitrogens with zero attached hydrogens (tertiary/aromatic N) is 3. The van der Waals surface area contributed by atoms with E-state index in [9.17, 15) is 4.39 Å². The quantitative estimate of drug-likeness (QED) is 0.921. The van der Waals surface area contributed by atoms with Crippen molar-refractivity contribution >= 4 is 21.9 Å². The molecule has 0 atom stereocenters. The molecule has 1 N–H and O–H groups in total.